The lowest BCUT2D eigenvalue weighted by atomic mass is 9.88. The van der Waals surface area contributed by atoms with E-state index in [1.54, 1.807) is 11.8 Å². The Morgan fingerprint density at radius 1 is 1.69 bits per heavy atom. The monoisotopic (exact) mass is 182 g/mol. The summed E-state index contributed by atoms with van der Waals surface area (Å²) in [7, 11) is 0. The normalized spacial score (nSPS) is 29.5. The first-order valence-corrected chi connectivity index (χ1v) is 4.46. The maximum absolute atomic E-state index is 11.0. The molecule has 13 heavy (non-hydrogen) atoms. The second-order valence-corrected chi connectivity index (χ2v) is 3.62. The van der Waals surface area contributed by atoms with Gasteiger partial charge in [0.2, 0.25) is 0 Å². The molecule has 0 bridgehead atoms. The topological polar surface area (TPSA) is 64.3 Å². The van der Waals surface area contributed by atoms with Gasteiger partial charge in [0.1, 0.15) is 5.54 Å². The number of nitriles is 1. The van der Waals surface area contributed by atoms with Gasteiger partial charge < -0.3 is 5.11 Å². The van der Waals surface area contributed by atoms with Crippen molar-refractivity contribution < 1.29 is 9.90 Å². The molecule has 0 aromatic rings. The molecule has 1 fully saturated rings. The zero-order valence-corrected chi connectivity index (χ0v) is 7.79. The van der Waals surface area contributed by atoms with Crippen LogP contribution in [-0.2, 0) is 4.79 Å². The van der Waals surface area contributed by atoms with Gasteiger partial charge >= 0.3 is 5.97 Å². The van der Waals surface area contributed by atoms with E-state index in [-0.39, 0.29) is 6.54 Å². The zero-order chi connectivity index (χ0) is 9.90. The first-order chi connectivity index (χ1) is 6.11. The molecule has 0 spiro atoms. The van der Waals surface area contributed by atoms with Crippen molar-refractivity contribution in [2.75, 3.05) is 13.1 Å². The minimum atomic E-state index is -0.825. The fourth-order valence-electron chi connectivity index (χ4n) is 1.76. The fraction of sp³-hybridized carbons (Fsp3) is 0.778. The predicted octanol–water partition coefficient (Wildman–Crippen LogP) is 0.839. The first kappa shape index (κ1) is 10.0. The molecule has 1 saturated heterocycles. The Hall–Kier alpha value is -1.08. The van der Waals surface area contributed by atoms with Crippen LogP contribution in [0.2, 0.25) is 0 Å². The molecule has 1 aliphatic rings. The molecule has 0 aromatic carbocycles. The summed E-state index contributed by atoms with van der Waals surface area (Å²) < 4.78 is 0. The van der Waals surface area contributed by atoms with Gasteiger partial charge in [0.15, 0.2) is 0 Å². The molecule has 0 amide bonds. The summed E-state index contributed by atoms with van der Waals surface area (Å²) >= 11 is 0. The maximum atomic E-state index is 11.0. The number of likely N-dealkylation sites (tertiary alicyclic amines) is 1. The van der Waals surface area contributed by atoms with Crippen molar-refractivity contribution in [2.24, 2.45) is 0 Å². The van der Waals surface area contributed by atoms with E-state index in [2.05, 4.69) is 0 Å². The van der Waals surface area contributed by atoms with Gasteiger partial charge in [0.25, 0.3) is 0 Å². The van der Waals surface area contributed by atoms with Gasteiger partial charge in [-0.15, -0.1) is 0 Å². The summed E-state index contributed by atoms with van der Waals surface area (Å²) in [6.07, 6.45) is 2.57. The quantitative estimate of drug-likeness (QED) is 0.643. The molecule has 0 saturated carbocycles. The van der Waals surface area contributed by atoms with Crippen LogP contribution in [0.4, 0.5) is 0 Å². The molecule has 1 N–H and O–H groups in total. The number of carboxylic acid groups (broad SMARTS) is 1. The van der Waals surface area contributed by atoms with E-state index in [1.807, 2.05) is 6.07 Å². The second-order valence-electron chi connectivity index (χ2n) is 3.62. The fourth-order valence-corrected chi connectivity index (χ4v) is 1.76. The van der Waals surface area contributed by atoms with Gasteiger partial charge in [0, 0.05) is 6.54 Å². The first-order valence-electron chi connectivity index (χ1n) is 4.46. The van der Waals surface area contributed by atoms with Crippen molar-refractivity contribution in [3.8, 4) is 6.07 Å². The van der Waals surface area contributed by atoms with Crippen LogP contribution < -0.4 is 0 Å². The van der Waals surface area contributed by atoms with E-state index >= 15 is 0 Å². The van der Waals surface area contributed by atoms with Crippen LogP contribution in [0.1, 0.15) is 26.2 Å². The molecular formula is C9H14N2O2. The molecule has 1 aliphatic heterocycles. The minimum absolute atomic E-state index is 0.211. The lowest BCUT2D eigenvalue weighted by molar-refractivity contribution is -0.152. The average molecular weight is 182 g/mol. The molecule has 4 heteroatoms. The van der Waals surface area contributed by atoms with Crippen molar-refractivity contribution in [3.63, 3.8) is 0 Å². The Balaban J connectivity index is 2.78. The minimum Gasteiger partial charge on any atom is -0.480 e. The smallest absolute Gasteiger partial charge is 0.323 e. The molecule has 0 radical (unpaired) electrons. The number of hydrogen-bond donors (Lipinski definition) is 1. The number of nitrogens with zero attached hydrogens (tertiary/aromatic N) is 2. The third kappa shape index (κ3) is 1.81. The van der Waals surface area contributed by atoms with Gasteiger partial charge in [-0.1, -0.05) is 0 Å². The highest BCUT2D eigenvalue weighted by molar-refractivity contribution is 5.78. The summed E-state index contributed by atoms with van der Waals surface area (Å²) in [4.78, 5) is 12.8. The van der Waals surface area contributed by atoms with Gasteiger partial charge in [-0.2, -0.15) is 5.26 Å². The summed E-state index contributed by atoms with van der Waals surface area (Å²) in [5.41, 5.74) is -0.825. The van der Waals surface area contributed by atoms with Crippen LogP contribution in [0.3, 0.4) is 0 Å². The summed E-state index contributed by atoms with van der Waals surface area (Å²) in [5.74, 6) is -0.817. The van der Waals surface area contributed by atoms with E-state index < -0.39 is 11.5 Å². The summed E-state index contributed by atoms with van der Waals surface area (Å²) in [6, 6.07) is 2.01. The van der Waals surface area contributed by atoms with Crippen LogP contribution >= 0.6 is 0 Å². The van der Waals surface area contributed by atoms with E-state index in [0.717, 1.165) is 19.4 Å². The number of hydrogen-bond acceptors (Lipinski definition) is 3. The zero-order valence-electron chi connectivity index (χ0n) is 7.79. The summed E-state index contributed by atoms with van der Waals surface area (Å²) in [6.45, 7) is 2.63. The highest BCUT2D eigenvalue weighted by Gasteiger charge is 2.40. The van der Waals surface area contributed by atoms with Gasteiger partial charge in [0.05, 0.1) is 12.6 Å². The molecule has 1 unspecified atom stereocenters. The molecule has 4 nitrogen and oxygen atoms in total. The third-order valence-electron chi connectivity index (χ3n) is 2.76. The molecule has 0 aliphatic carbocycles. The largest absolute Gasteiger partial charge is 0.480 e. The molecule has 0 aromatic heterocycles. The van der Waals surface area contributed by atoms with Crippen molar-refractivity contribution in [2.45, 2.75) is 31.7 Å². The Morgan fingerprint density at radius 3 is 2.92 bits per heavy atom. The van der Waals surface area contributed by atoms with Gasteiger partial charge in [-0.3, -0.25) is 9.69 Å². The molecule has 1 rings (SSSR count). The van der Waals surface area contributed by atoms with Crippen LogP contribution in [0.15, 0.2) is 0 Å². The maximum Gasteiger partial charge on any atom is 0.323 e. The van der Waals surface area contributed by atoms with Crippen molar-refractivity contribution in [1.82, 2.24) is 4.90 Å². The molecule has 1 atom stereocenters. The van der Waals surface area contributed by atoms with Crippen molar-refractivity contribution >= 4 is 5.97 Å². The predicted molar refractivity (Wildman–Crippen MR) is 47.1 cm³/mol. The van der Waals surface area contributed by atoms with Crippen LogP contribution in [0.5, 0.6) is 0 Å². The van der Waals surface area contributed by atoms with E-state index in [9.17, 15) is 4.79 Å². The van der Waals surface area contributed by atoms with Gasteiger partial charge in [-0.05, 0) is 26.2 Å². The number of aliphatic carboxylic acids is 1. The molecule has 1 heterocycles. The van der Waals surface area contributed by atoms with E-state index in [4.69, 9.17) is 10.4 Å². The number of carbonyl (C=O) groups is 1. The summed E-state index contributed by atoms with van der Waals surface area (Å²) in [5, 5.41) is 17.6. The van der Waals surface area contributed by atoms with Crippen LogP contribution in [-0.4, -0.2) is 34.6 Å². The highest BCUT2D eigenvalue weighted by atomic mass is 16.4. The van der Waals surface area contributed by atoms with E-state index in [0.29, 0.717) is 6.42 Å². The van der Waals surface area contributed by atoms with Crippen LogP contribution in [0, 0.1) is 11.3 Å². The number of rotatable bonds is 2. The second kappa shape index (κ2) is 3.75. The standard InChI is InChI=1S/C9H14N2O2/c1-9(8(12)13)4-2-3-6-11(9)7-5-10/h2-4,6-7H2,1H3,(H,12,13). The Bertz CT molecular complexity index is 246. The van der Waals surface area contributed by atoms with Crippen molar-refractivity contribution in [3.05, 3.63) is 0 Å². The highest BCUT2D eigenvalue weighted by Crippen LogP contribution is 2.27. The average Bonchev–Trinajstić information content (AvgIpc) is 2.09. The number of carboxylic acids is 1. The Kier molecular flexibility index (Phi) is 2.89. The Morgan fingerprint density at radius 2 is 2.38 bits per heavy atom. The molecule has 72 valence electrons. The lowest BCUT2D eigenvalue weighted by Gasteiger charge is -2.40. The Labute approximate surface area is 77.8 Å². The van der Waals surface area contributed by atoms with Crippen molar-refractivity contribution in [1.29, 1.82) is 5.26 Å². The third-order valence-corrected chi connectivity index (χ3v) is 2.76. The number of piperidine rings is 1. The SMILES string of the molecule is CC1(C(=O)O)CCCCN1CC#N. The van der Waals surface area contributed by atoms with E-state index in [1.165, 1.54) is 0 Å². The lowest BCUT2D eigenvalue weighted by Crippen LogP contribution is -2.55. The molecular weight excluding hydrogens is 168 g/mol. The van der Waals surface area contributed by atoms with Gasteiger partial charge in [-0.25, -0.2) is 0 Å². The van der Waals surface area contributed by atoms with Crippen LogP contribution in [0.25, 0.3) is 0 Å².